The summed E-state index contributed by atoms with van der Waals surface area (Å²) in [4.78, 5) is 21.8. The molecule has 0 bridgehead atoms. The SMILES string of the molecule is CN=C(NCCc1c[nH]c2ccc(F)cc12)NCc1cccc(C(=O)NCCN(C)C)c1. The smallest absolute Gasteiger partial charge is 0.251 e. The molecule has 1 aromatic heterocycles. The van der Waals surface area contributed by atoms with E-state index in [9.17, 15) is 9.18 Å². The van der Waals surface area contributed by atoms with Crippen LogP contribution in [0.25, 0.3) is 10.9 Å². The van der Waals surface area contributed by atoms with E-state index in [-0.39, 0.29) is 11.7 Å². The number of rotatable bonds is 9. The molecule has 3 aromatic rings. The van der Waals surface area contributed by atoms with Gasteiger partial charge < -0.3 is 25.8 Å². The zero-order valence-corrected chi connectivity index (χ0v) is 18.8. The van der Waals surface area contributed by atoms with Crippen LogP contribution in [-0.2, 0) is 13.0 Å². The summed E-state index contributed by atoms with van der Waals surface area (Å²) in [6, 6.07) is 12.3. The minimum absolute atomic E-state index is 0.0774. The van der Waals surface area contributed by atoms with Crippen LogP contribution in [0.1, 0.15) is 21.5 Å². The number of carbonyl (C=O) groups excluding carboxylic acids is 1. The van der Waals surface area contributed by atoms with Crippen molar-refractivity contribution in [3.05, 3.63) is 71.2 Å². The lowest BCUT2D eigenvalue weighted by Gasteiger charge is -2.13. The molecule has 0 saturated carbocycles. The summed E-state index contributed by atoms with van der Waals surface area (Å²) in [5.41, 5.74) is 3.60. The molecule has 0 aliphatic carbocycles. The van der Waals surface area contributed by atoms with E-state index in [1.54, 1.807) is 19.2 Å². The molecule has 0 aliphatic heterocycles. The minimum atomic E-state index is -0.239. The number of hydrogen-bond donors (Lipinski definition) is 4. The molecule has 0 saturated heterocycles. The molecule has 0 atom stereocenters. The first-order chi connectivity index (χ1) is 15.5. The topological polar surface area (TPSA) is 84.5 Å². The van der Waals surface area contributed by atoms with Gasteiger partial charge in [0.15, 0.2) is 5.96 Å². The lowest BCUT2D eigenvalue weighted by atomic mass is 10.1. The van der Waals surface area contributed by atoms with Gasteiger partial charge in [-0.3, -0.25) is 9.79 Å². The largest absolute Gasteiger partial charge is 0.361 e. The Balaban J connectivity index is 1.49. The van der Waals surface area contributed by atoms with Gasteiger partial charge in [0.2, 0.25) is 0 Å². The average molecular weight is 439 g/mol. The van der Waals surface area contributed by atoms with Crippen LogP contribution < -0.4 is 16.0 Å². The Bertz CT molecular complexity index is 1080. The van der Waals surface area contributed by atoms with E-state index >= 15 is 0 Å². The molecule has 0 aliphatic rings. The first-order valence-electron chi connectivity index (χ1n) is 10.7. The van der Waals surface area contributed by atoms with Gasteiger partial charge in [-0.25, -0.2) is 4.39 Å². The number of hydrogen-bond acceptors (Lipinski definition) is 3. The monoisotopic (exact) mass is 438 g/mol. The van der Waals surface area contributed by atoms with Crippen molar-refractivity contribution in [1.82, 2.24) is 25.8 Å². The van der Waals surface area contributed by atoms with E-state index < -0.39 is 0 Å². The van der Waals surface area contributed by atoms with Crippen LogP contribution in [-0.4, -0.2) is 62.5 Å². The van der Waals surface area contributed by atoms with Crippen molar-refractivity contribution >= 4 is 22.8 Å². The standard InChI is InChI=1S/C24H31FN6O/c1-26-24(28-10-9-19-16-29-22-8-7-20(25)14-21(19)22)30-15-17-5-4-6-18(13-17)23(32)27-11-12-31(2)3/h4-8,13-14,16,29H,9-12,15H2,1-3H3,(H,27,32)(H2,26,28,30). The van der Waals surface area contributed by atoms with E-state index in [1.807, 2.05) is 49.5 Å². The molecule has 7 nitrogen and oxygen atoms in total. The third-order valence-electron chi connectivity index (χ3n) is 5.13. The van der Waals surface area contributed by atoms with Crippen LogP contribution in [0.5, 0.6) is 0 Å². The van der Waals surface area contributed by atoms with Crippen molar-refractivity contribution in [2.24, 2.45) is 4.99 Å². The van der Waals surface area contributed by atoms with Crippen molar-refractivity contribution < 1.29 is 9.18 Å². The Morgan fingerprint density at radius 3 is 2.72 bits per heavy atom. The number of aromatic amines is 1. The van der Waals surface area contributed by atoms with Gasteiger partial charge in [0.25, 0.3) is 5.91 Å². The second kappa shape index (κ2) is 11.3. The minimum Gasteiger partial charge on any atom is -0.361 e. The second-order valence-corrected chi connectivity index (χ2v) is 7.87. The van der Waals surface area contributed by atoms with Crippen molar-refractivity contribution in [2.45, 2.75) is 13.0 Å². The van der Waals surface area contributed by atoms with Gasteiger partial charge in [0.05, 0.1) is 0 Å². The summed E-state index contributed by atoms with van der Waals surface area (Å²) < 4.78 is 13.5. The molecule has 0 fully saturated rings. The summed E-state index contributed by atoms with van der Waals surface area (Å²) >= 11 is 0. The zero-order valence-electron chi connectivity index (χ0n) is 18.8. The fourth-order valence-corrected chi connectivity index (χ4v) is 3.40. The number of halogens is 1. The number of carbonyl (C=O) groups is 1. The lowest BCUT2D eigenvalue weighted by Crippen LogP contribution is -2.37. The van der Waals surface area contributed by atoms with Gasteiger partial charge in [0, 0.05) is 55.9 Å². The number of aliphatic imine (C=N–C) groups is 1. The number of likely N-dealkylation sites (N-methyl/N-ethyl adjacent to an activating group) is 1. The van der Waals surface area contributed by atoms with Gasteiger partial charge >= 0.3 is 0 Å². The summed E-state index contributed by atoms with van der Waals surface area (Å²) in [6.07, 6.45) is 2.64. The van der Waals surface area contributed by atoms with Crippen molar-refractivity contribution in [1.29, 1.82) is 0 Å². The Morgan fingerprint density at radius 1 is 1.09 bits per heavy atom. The normalized spacial score (nSPS) is 11.7. The predicted molar refractivity (Wildman–Crippen MR) is 127 cm³/mol. The Labute approximate surface area is 188 Å². The van der Waals surface area contributed by atoms with Crippen LogP contribution >= 0.6 is 0 Å². The molecular weight excluding hydrogens is 407 g/mol. The number of guanidine groups is 1. The van der Waals surface area contributed by atoms with E-state index in [1.165, 1.54) is 6.07 Å². The molecule has 2 aromatic carbocycles. The molecule has 0 spiro atoms. The molecule has 0 unspecified atom stereocenters. The van der Waals surface area contributed by atoms with Crippen molar-refractivity contribution in [3.8, 4) is 0 Å². The highest BCUT2D eigenvalue weighted by Crippen LogP contribution is 2.19. The van der Waals surface area contributed by atoms with Crippen molar-refractivity contribution in [2.75, 3.05) is 40.8 Å². The van der Waals surface area contributed by atoms with Crippen LogP contribution in [0.15, 0.2) is 53.7 Å². The third-order valence-corrected chi connectivity index (χ3v) is 5.13. The van der Waals surface area contributed by atoms with Gasteiger partial charge in [-0.2, -0.15) is 0 Å². The number of nitrogens with zero attached hydrogens (tertiary/aromatic N) is 2. The van der Waals surface area contributed by atoms with E-state index in [0.717, 1.165) is 35.0 Å². The highest BCUT2D eigenvalue weighted by atomic mass is 19.1. The molecule has 4 N–H and O–H groups in total. The fraction of sp³-hybridized carbons (Fsp3) is 0.333. The Kier molecular flexibility index (Phi) is 8.21. The van der Waals surface area contributed by atoms with Crippen LogP contribution in [0, 0.1) is 5.82 Å². The highest BCUT2D eigenvalue weighted by molar-refractivity contribution is 5.94. The van der Waals surface area contributed by atoms with Gasteiger partial charge in [0.1, 0.15) is 5.82 Å². The number of fused-ring (bicyclic) bond motifs is 1. The summed E-state index contributed by atoms with van der Waals surface area (Å²) in [7, 11) is 5.66. The molecule has 32 heavy (non-hydrogen) atoms. The van der Waals surface area contributed by atoms with E-state index in [0.29, 0.717) is 31.2 Å². The maximum absolute atomic E-state index is 13.5. The zero-order chi connectivity index (χ0) is 22.9. The number of aromatic nitrogens is 1. The quantitative estimate of drug-likeness (QED) is 0.306. The Hall–Kier alpha value is -3.39. The molecule has 170 valence electrons. The average Bonchev–Trinajstić information content (AvgIpc) is 3.18. The summed E-state index contributed by atoms with van der Waals surface area (Å²) in [5.74, 6) is 0.348. The number of amides is 1. The van der Waals surface area contributed by atoms with Gasteiger partial charge in [-0.15, -0.1) is 0 Å². The molecule has 1 amide bonds. The Morgan fingerprint density at radius 2 is 1.94 bits per heavy atom. The molecule has 8 heteroatoms. The second-order valence-electron chi connectivity index (χ2n) is 7.87. The lowest BCUT2D eigenvalue weighted by molar-refractivity contribution is 0.0951. The first-order valence-corrected chi connectivity index (χ1v) is 10.7. The maximum atomic E-state index is 13.5. The van der Waals surface area contributed by atoms with Crippen molar-refractivity contribution in [3.63, 3.8) is 0 Å². The summed E-state index contributed by atoms with van der Waals surface area (Å²) in [6.45, 7) is 2.59. The fourth-order valence-electron chi connectivity index (χ4n) is 3.40. The number of H-pyrrole nitrogens is 1. The summed E-state index contributed by atoms with van der Waals surface area (Å²) in [5, 5.41) is 10.4. The molecule has 1 heterocycles. The highest BCUT2D eigenvalue weighted by Gasteiger charge is 2.08. The van der Waals surface area contributed by atoms with Gasteiger partial charge in [-0.05, 0) is 62.0 Å². The van der Waals surface area contributed by atoms with Crippen LogP contribution in [0.4, 0.5) is 4.39 Å². The predicted octanol–water partition coefficient (Wildman–Crippen LogP) is 2.51. The van der Waals surface area contributed by atoms with Gasteiger partial charge in [-0.1, -0.05) is 12.1 Å². The maximum Gasteiger partial charge on any atom is 0.251 e. The first kappa shape index (κ1) is 23.3. The number of benzene rings is 2. The van der Waals surface area contributed by atoms with Crippen LogP contribution in [0.3, 0.4) is 0 Å². The molecule has 3 rings (SSSR count). The number of nitrogens with one attached hydrogen (secondary N) is 4. The molecule has 0 radical (unpaired) electrons. The molecular formula is C24H31FN6O. The van der Waals surface area contributed by atoms with Crippen LogP contribution in [0.2, 0.25) is 0 Å². The van der Waals surface area contributed by atoms with E-state index in [2.05, 4.69) is 25.9 Å². The van der Waals surface area contributed by atoms with E-state index in [4.69, 9.17) is 0 Å². The third kappa shape index (κ3) is 6.55.